The number of amides is 4. The number of hydrogen-bond acceptors (Lipinski definition) is 30. The van der Waals surface area contributed by atoms with Crippen molar-refractivity contribution in [3.63, 3.8) is 0 Å². The summed E-state index contributed by atoms with van der Waals surface area (Å²) in [5, 5.41) is 64.6. The number of aliphatic hydroxyl groups is 5. The number of primary amides is 4. The number of halogens is 7. The second kappa shape index (κ2) is 48.1. The van der Waals surface area contributed by atoms with Gasteiger partial charge in [0.2, 0.25) is 46.9 Å². The van der Waals surface area contributed by atoms with E-state index in [1.807, 2.05) is 89.8 Å². The number of piperidine rings is 4. The Morgan fingerprint density at radius 1 is 0.439 bits per heavy atom. The lowest BCUT2D eigenvalue weighted by Crippen LogP contribution is -2.59. The highest BCUT2D eigenvalue weighted by Crippen LogP contribution is 2.41. The first-order chi connectivity index (χ1) is 65.6. The number of rotatable bonds is 38. The van der Waals surface area contributed by atoms with E-state index in [1.165, 1.54) is 43.0 Å². The molecule has 4 amide bonds. The molecule has 4 aromatic heterocycles. The number of ether oxygens (including phenoxy) is 1. The number of anilines is 8. The number of benzene rings is 4. The topological polar surface area (TPSA) is 460 Å². The van der Waals surface area contributed by atoms with Crippen molar-refractivity contribution in [1.82, 2.24) is 59.5 Å². The van der Waals surface area contributed by atoms with Gasteiger partial charge in [0, 0.05) is 127 Å². The minimum atomic E-state index is -4.43. The van der Waals surface area contributed by atoms with Gasteiger partial charge in [-0.1, -0.05) is 85.8 Å². The number of aryl methyl sites for hydroxylation is 1. The average molecular weight is 1940 g/mol. The van der Waals surface area contributed by atoms with Crippen LogP contribution in [-0.4, -0.2) is 268 Å². The van der Waals surface area contributed by atoms with E-state index < -0.39 is 99.7 Å². The molecule has 0 bridgehead atoms. The predicted molar refractivity (Wildman–Crippen MR) is 518 cm³/mol. The van der Waals surface area contributed by atoms with Crippen LogP contribution in [0.3, 0.4) is 0 Å². The quantitative estimate of drug-likeness (QED) is 0.0160. The Balaban J connectivity index is 0.000000177. The molecule has 0 radical (unpaired) electrons. The van der Waals surface area contributed by atoms with Crippen molar-refractivity contribution in [3.8, 4) is 5.75 Å². The first kappa shape index (κ1) is 108. The second-order valence-corrected chi connectivity index (χ2v) is 38.4. The molecule has 41 heteroatoms. The van der Waals surface area contributed by atoms with E-state index in [0.717, 1.165) is 78.7 Å². The van der Waals surface area contributed by atoms with Crippen LogP contribution < -0.4 is 68.5 Å². The Bertz CT molecular complexity index is 5360. The third-order valence-electron chi connectivity index (χ3n) is 26.9. The molecule has 7 fully saturated rings. The third-order valence-corrected chi connectivity index (χ3v) is 26.9. The molecule has 15 rings (SSSR count). The van der Waals surface area contributed by atoms with Crippen LogP contribution in [0.4, 0.5) is 77.3 Å². The van der Waals surface area contributed by atoms with Gasteiger partial charge in [0.15, 0.2) is 46.5 Å². The fraction of sp³-hybridized carbons (Fsp3) is 0.551. The number of carbonyl (C=O) groups is 4. The molecular weight excluding hydrogens is 1810 g/mol. The Morgan fingerprint density at radius 2 is 0.763 bits per heavy atom. The largest absolute Gasteiger partial charge is 0.497 e. The molecule has 3 saturated carbocycles. The predicted octanol–water partition coefficient (Wildman–Crippen LogP) is 9.07. The maximum atomic E-state index is 15.5. The second-order valence-electron chi connectivity index (χ2n) is 38.4. The molecule has 4 saturated heterocycles. The summed E-state index contributed by atoms with van der Waals surface area (Å²) in [5.41, 5.74) is 23.8. The standard InChI is InChI=1S/C25H35FN6O3.C25H35FN6O2.C24H32F4N6O2.C23H31FN6O3.CH4/c1-25(2,35)18-5-3-16(4-6-18)12-32(19-7-8-19)24-22(26)23(29-15-30-24)28-11-17-9-10-31(13-20(17)33)14-21(27)34;1-16-4-6-17(7-5-16)13-32(19-8-9-19)23-21(26)22(29-15-30-23)28-12-18-10-11-31(14-20(18)33)25(2,3)24(27)34;1-4-33(12-15-5-7-17(8-6-15)24(26,27)28)21-19(25)20(31-14-32-21)30-11-16-9-10-34(13-18(16)35)23(2,3)22(29)36;1-33-18-4-2-3-15(9-18)11-30(17-5-6-17)23-21(24)22(27-14-28-23)26-10-16-7-8-29(12-19(16)31)13-20(25)32;/h3-6,15,17,19-20,33,35H,7-14H2,1-2H3,(H2,27,34)(H,28,29,30);4-7,15,18-20,33H,8-14H2,1-3H3,(H2,27,34)(H,28,29,30);5-8,14,16,18,35H,4,9-13H2,1-3H3,(H2,29,36)(H,30,31,32);2-4,9,14,16-17,19,31H,5-8,10-13H2,1H3,(H2,25,32)(H,26,27,28);1H4/t17-,20+;18-,20+;16?,18-;16-,19+;/m0111./s1. The molecule has 4 aromatic carbocycles. The Kier molecular flexibility index (Phi) is 37.3. The number of hydrogen-bond donors (Lipinski definition) is 13. The summed E-state index contributed by atoms with van der Waals surface area (Å²) >= 11 is 0. The summed E-state index contributed by atoms with van der Waals surface area (Å²) < 4.78 is 106. The minimum absolute atomic E-state index is 0. The maximum Gasteiger partial charge on any atom is 0.416 e. The zero-order valence-corrected chi connectivity index (χ0v) is 79.8. The van der Waals surface area contributed by atoms with Gasteiger partial charge in [0.1, 0.15) is 31.1 Å². The maximum absolute atomic E-state index is 15.5. The summed E-state index contributed by atoms with van der Waals surface area (Å²) in [6.07, 6.45) is 6.76. The fourth-order valence-electron chi connectivity index (χ4n) is 17.4. The number of β-amino-alcohol motifs (C(OH)–C–C–N with tert-alkyl or cyclic N) is 4. The van der Waals surface area contributed by atoms with Crippen LogP contribution in [0.5, 0.6) is 5.75 Å². The number of aliphatic hydroxyl groups excluding tert-OH is 4. The molecule has 34 nitrogen and oxygen atoms in total. The molecule has 17 N–H and O–H groups in total. The van der Waals surface area contributed by atoms with Crippen LogP contribution in [0.15, 0.2) is 122 Å². The number of likely N-dealkylation sites (tertiary alicyclic amines) is 4. The van der Waals surface area contributed by atoms with Crippen LogP contribution in [0, 0.1) is 53.9 Å². The molecule has 3 aliphatic carbocycles. The van der Waals surface area contributed by atoms with Gasteiger partial charge in [-0.3, -0.25) is 38.8 Å². The molecule has 8 heterocycles. The Morgan fingerprint density at radius 3 is 1.08 bits per heavy atom. The fourth-order valence-corrected chi connectivity index (χ4v) is 17.4. The third kappa shape index (κ3) is 29.5. The van der Waals surface area contributed by atoms with E-state index >= 15 is 17.6 Å². The zero-order valence-electron chi connectivity index (χ0n) is 79.8. The summed E-state index contributed by atoms with van der Waals surface area (Å²) in [5.74, 6) is -2.37. The van der Waals surface area contributed by atoms with E-state index in [9.17, 15) is 57.9 Å². The monoisotopic (exact) mass is 1940 g/mol. The lowest BCUT2D eigenvalue weighted by atomic mass is 9.89. The molecule has 758 valence electrons. The van der Waals surface area contributed by atoms with Gasteiger partial charge in [-0.2, -0.15) is 30.7 Å². The van der Waals surface area contributed by atoms with E-state index in [0.29, 0.717) is 129 Å². The number of alkyl halides is 3. The van der Waals surface area contributed by atoms with E-state index in [-0.39, 0.29) is 123 Å². The van der Waals surface area contributed by atoms with Crippen molar-refractivity contribution < 1.29 is 80.2 Å². The van der Waals surface area contributed by atoms with Gasteiger partial charge in [-0.05, 0) is 198 Å². The van der Waals surface area contributed by atoms with Gasteiger partial charge in [0.05, 0.1) is 66.9 Å². The SMILES string of the molecule is C.CC(C)(O)c1ccc(CN(c2ncnc(NC[C@@H]3CCN(CC(N)=O)C[C@H]3O)c2F)C2CC2)cc1.CCN(Cc1ccc(C(F)(F)F)cc1)c1ncnc(NCC2CCN(C(C)(C)C(N)=O)C[C@H]2O)c1F.COc1cccc(CN(c2ncnc(NC[C@H]3CCN(CC(N)=O)C[C@@H]3O)c2F)C2CC2)c1.Cc1ccc(CN(c2ncnc(NC[C@H]3CCN(C(C)(C)C(N)=O)C[C@@H]3O)c2F)C2CC2)cc1. The number of nitrogens with one attached hydrogen (secondary N) is 4. The van der Waals surface area contributed by atoms with Crippen LogP contribution in [0.2, 0.25) is 0 Å². The van der Waals surface area contributed by atoms with E-state index in [2.05, 4.69) is 85.4 Å². The van der Waals surface area contributed by atoms with Crippen LogP contribution in [0.25, 0.3) is 0 Å². The smallest absolute Gasteiger partial charge is 0.416 e. The first-order valence-electron chi connectivity index (χ1n) is 47.1. The number of methoxy groups -OCH3 is 1. The van der Waals surface area contributed by atoms with Crippen molar-refractivity contribution in [2.45, 2.75) is 219 Å². The molecule has 1 unspecified atom stereocenters. The Labute approximate surface area is 807 Å². The molecular formula is C98H137F7N24O10. The molecule has 139 heavy (non-hydrogen) atoms. The summed E-state index contributed by atoms with van der Waals surface area (Å²) in [7, 11) is 1.62. The summed E-state index contributed by atoms with van der Waals surface area (Å²) in [6.45, 7) is 21.8. The molecule has 8 atom stereocenters. The normalized spacial score (nSPS) is 20.5. The van der Waals surface area contributed by atoms with Gasteiger partial charge in [-0.25, -0.2) is 39.9 Å². The number of nitrogens with two attached hydrogens (primary N) is 4. The summed E-state index contributed by atoms with van der Waals surface area (Å²) in [6, 6.07) is 29.1. The molecule has 7 aliphatic rings. The minimum Gasteiger partial charge on any atom is -0.497 e. The van der Waals surface area contributed by atoms with E-state index in [1.54, 1.807) is 60.5 Å². The summed E-state index contributed by atoms with van der Waals surface area (Å²) in [4.78, 5) is 93.8. The van der Waals surface area contributed by atoms with Gasteiger partial charge in [-0.15, -0.1) is 0 Å². The highest BCUT2D eigenvalue weighted by atomic mass is 19.4. The lowest BCUT2D eigenvalue weighted by molar-refractivity contribution is -0.137. The first-order valence-corrected chi connectivity index (χ1v) is 47.1. The van der Waals surface area contributed by atoms with Crippen molar-refractivity contribution in [2.24, 2.45) is 46.6 Å². The van der Waals surface area contributed by atoms with Crippen molar-refractivity contribution in [1.29, 1.82) is 0 Å². The number of aromatic nitrogens is 8. The van der Waals surface area contributed by atoms with Crippen molar-refractivity contribution in [3.05, 3.63) is 185 Å². The van der Waals surface area contributed by atoms with Crippen LogP contribution in [0.1, 0.15) is 159 Å². The zero-order chi connectivity index (χ0) is 99.7. The lowest BCUT2D eigenvalue weighted by Gasteiger charge is -2.43. The molecule has 8 aromatic rings. The van der Waals surface area contributed by atoms with E-state index in [4.69, 9.17) is 27.7 Å². The highest BCUT2D eigenvalue weighted by Gasteiger charge is 2.43. The highest BCUT2D eigenvalue weighted by molar-refractivity contribution is 5.84. The van der Waals surface area contributed by atoms with Gasteiger partial charge in [0.25, 0.3) is 0 Å². The Hall–Kier alpha value is -11.6. The number of carbonyl (C=O) groups excluding carboxylic acids is 4. The average Bonchev–Trinajstić information content (AvgIpc) is 1.58. The van der Waals surface area contributed by atoms with Crippen molar-refractivity contribution >= 4 is 70.2 Å². The number of nitrogens with zero attached hydrogens (tertiary/aromatic N) is 16. The molecule has 0 spiro atoms. The van der Waals surface area contributed by atoms with Crippen LogP contribution >= 0.6 is 0 Å². The van der Waals surface area contributed by atoms with Gasteiger partial charge < -0.3 is 94.1 Å². The van der Waals surface area contributed by atoms with Gasteiger partial charge >= 0.3 is 6.18 Å². The van der Waals surface area contributed by atoms with Crippen LogP contribution in [-0.2, 0) is 57.1 Å². The van der Waals surface area contributed by atoms with Crippen molar-refractivity contribution in [2.75, 3.05) is 146 Å². The molecule has 4 aliphatic heterocycles.